The fourth-order valence-electron chi connectivity index (χ4n) is 3.63. The van der Waals surface area contributed by atoms with Gasteiger partial charge in [-0.25, -0.2) is 9.67 Å². The Kier molecular flexibility index (Phi) is 4.99. The maximum atomic E-state index is 6.28. The van der Waals surface area contributed by atoms with Crippen LogP contribution in [0.25, 0.3) is 11.0 Å². The van der Waals surface area contributed by atoms with E-state index in [-0.39, 0.29) is 0 Å². The van der Waals surface area contributed by atoms with Gasteiger partial charge in [-0.3, -0.25) is 0 Å². The molecule has 2 heterocycles. The van der Waals surface area contributed by atoms with E-state index in [9.17, 15) is 0 Å². The molecular weight excluding hydrogens is 324 g/mol. The van der Waals surface area contributed by atoms with Crippen molar-refractivity contribution in [3.63, 3.8) is 0 Å². The second kappa shape index (κ2) is 7.06. The van der Waals surface area contributed by atoms with Gasteiger partial charge in [0.1, 0.15) is 5.75 Å². The number of pyridine rings is 1. The summed E-state index contributed by atoms with van der Waals surface area (Å²) in [7, 11) is 0. The fraction of sp³-hybridized carbons (Fsp3) is 0.476. The van der Waals surface area contributed by atoms with E-state index in [1.165, 1.54) is 5.56 Å². The lowest BCUT2D eigenvalue weighted by molar-refractivity contribution is 0.429. The molecule has 138 valence electrons. The molecule has 5 heteroatoms. The van der Waals surface area contributed by atoms with E-state index >= 15 is 0 Å². The van der Waals surface area contributed by atoms with Gasteiger partial charge in [0.05, 0.1) is 11.6 Å². The van der Waals surface area contributed by atoms with Crippen molar-refractivity contribution in [2.24, 2.45) is 0 Å². The summed E-state index contributed by atoms with van der Waals surface area (Å²) >= 11 is 0. The Bertz CT molecular complexity index is 931. The summed E-state index contributed by atoms with van der Waals surface area (Å²) in [5.41, 5.74) is 7.25. The van der Waals surface area contributed by atoms with Crippen molar-refractivity contribution >= 4 is 11.0 Å². The van der Waals surface area contributed by atoms with Crippen LogP contribution in [0.2, 0.25) is 0 Å². The van der Waals surface area contributed by atoms with Crippen LogP contribution in [-0.4, -0.2) is 20.0 Å². The summed E-state index contributed by atoms with van der Waals surface area (Å²) in [5.74, 6) is 1.39. The van der Waals surface area contributed by atoms with Gasteiger partial charge in [0.2, 0.25) is 5.88 Å². The third-order valence-electron chi connectivity index (χ3n) is 5.16. The summed E-state index contributed by atoms with van der Waals surface area (Å²) in [6, 6.07) is 4.58. The van der Waals surface area contributed by atoms with Crippen molar-refractivity contribution in [1.29, 1.82) is 0 Å². The average Bonchev–Trinajstić information content (AvgIpc) is 3.02. The van der Waals surface area contributed by atoms with Gasteiger partial charge >= 0.3 is 0 Å². The molecule has 0 fully saturated rings. The van der Waals surface area contributed by atoms with Crippen LogP contribution in [0.15, 0.2) is 12.1 Å². The predicted molar refractivity (Wildman–Crippen MR) is 105 cm³/mol. The number of ether oxygens (including phenoxy) is 1. The van der Waals surface area contributed by atoms with Crippen molar-refractivity contribution in [2.75, 3.05) is 0 Å². The quantitative estimate of drug-likeness (QED) is 0.606. The number of hydrogen-bond acceptors (Lipinski definition) is 4. The van der Waals surface area contributed by atoms with Crippen LogP contribution in [0.1, 0.15) is 60.7 Å². The lowest BCUT2D eigenvalue weighted by Crippen LogP contribution is -2.10. The zero-order valence-electron chi connectivity index (χ0n) is 16.8. The molecule has 0 aliphatic heterocycles. The van der Waals surface area contributed by atoms with E-state index in [1.807, 2.05) is 11.6 Å². The Labute approximate surface area is 155 Å². The van der Waals surface area contributed by atoms with Crippen molar-refractivity contribution in [1.82, 2.24) is 20.0 Å². The second-order valence-electron chi connectivity index (χ2n) is 7.16. The number of nitrogens with zero attached hydrogens (tertiary/aromatic N) is 4. The molecule has 0 N–H and O–H groups in total. The molecule has 3 rings (SSSR count). The zero-order chi connectivity index (χ0) is 19.0. The van der Waals surface area contributed by atoms with Gasteiger partial charge in [-0.05, 0) is 64.2 Å². The molecule has 26 heavy (non-hydrogen) atoms. The third-order valence-corrected chi connectivity index (χ3v) is 5.16. The molecule has 0 saturated heterocycles. The van der Waals surface area contributed by atoms with Crippen LogP contribution in [0.3, 0.4) is 0 Å². The van der Waals surface area contributed by atoms with Crippen molar-refractivity contribution in [3.8, 4) is 11.6 Å². The summed E-state index contributed by atoms with van der Waals surface area (Å²) in [6.07, 6.45) is 2.03. The fourth-order valence-corrected chi connectivity index (χ4v) is 3.63. The normalized spacial score (nSPS) is 11.5. The van der Waals surface area contributed by atoms with Crippen molar-refractivity contribution < 1.29 is 4.74 Å². The predicted octanol–water partition coefficient (Wildman–Crippen LogP) is 5.52. The Morgan fingerprint density at radius 2 is 1.62 bits per heavy atom. The van der Waals surface area contributed by atoms with Crippen LogP contribution in [0.5, 0.6) is 11.6 Å². The Morgan fingerprint density at radius 1 is 1.00 bits per heavy atom. The lowest BCUT2D eigenvalue weighted by atomic mass is 10.1. The molecular formula is C21H28N4O. The highest BCUT2D eigenvalue weighted by Crippen LogP contribution is 2.35. The summed E-state index contributed by atoms with van der Waals surface area (Å²) in [5, 5.41) is 8.88. The minimum absolute atomic E-state index is 0.330. The van der Waals surface area contributed by atoms with Gasteiger partial charge in [-0.1, -0.05) is 36.8 Å². The van der Waals surface area contributed by atoms with Crippen LogP contribution in [0, 0.1) is 34.6 Å². The van der Waals surface area contributed by atoms with Crippen LogP contribution < -0.4 is 4.74 Å². The Balaban J connectivity index is 2.18. The summed E-state index contributed by atoms with van der Waals surface area (Å²) in [4.78, 5) is 4.69. The smallest absolute Gasteiger partial charge is 0.250 e. The average molecular weight is 352 g/mol. The molecule has 0 radical (unpaired) electrons. The van der Waals surface area contributed by atoms with Crippen molar-refractivity contribution in [3.05, 3.63) is 40.1 Å². The standard InChI is InChI=1S/C21H28N4O/c1-8-17(9-2)25-19-15(6)16(7)22-21(18(19)23-24-25)26-20-13(4)10-12(3)11-14(20)5/h10-11,17H,8-9H2,1-7H3. The topological polar surface area (TPSA) is 52.8 Å². The van der Waals surface area contributed by atoms with Crippen LogP contribution >= 0.6 is 0 Å². The first-order valence-electron chi connectivity index (χ1n) is 9.35. The van der Waals surface area contributed by atoms with Gasteiger partial charge in [0.25, 0.3) is 0 Å². The SMILES string of the molecule is CCC(CC)n1nnc2c(Oc3c(C)cc(C)cc3C)nc(C)c(C)c21. The van der Waals surface area contributed by atoms with Crippen LogP contribution in [0.4, 0.5) is 0 Å². The monoisotopic (exact) mass is 352 g/mol. The minimum atomic E-state index is 0.330. The van der Waals surface area contributed by atoms with Crippen LogP contribution in [-0.2, 0) is 0 Å². The maximum Gasteiger partial charge on any atom is 0.250 e. The van der Waals surface area contributed by atoms with E-state index in [0.29, 0.717) is 11.9 Å². The minimum Gasteiger partial charge on any atom is -0.436 e. The summed E-state index contributed by atoms with van der Waals surface area (Å²) in [6.45, 7) is 14.7. The van der Waals surface area contributed by atoms with Gasteiger partial charge < -0.3 is 4.74 Å². The number of aromatic nitrogens is 4. The highest BCUT2D eigenvalue weighted by Gasteiger charge is 2.21. The maximum absolute atomic E-state index is 6.28. The molecule has 0 bridgehead atoms. The molecule has 3 aromatic rings. The zero-order valence-corrected chi connectivity index (χ0v) is 16.8. The van der Waals surface area contributed by atoms with Crippen molar-refractivity contribution in [2.45, 2.75) is 67.3 Å². The first-order chi connectivity index (χ1) is 12.4. The Morgan fingerprint density at radius 3 is 2.19 bits per heavy atom. The van der Waals surface area contributed by atoms with E-state index in [0.717, 1.165) is 52.0 Å². The number of hydrogen-bond donors (Lipinski definition) is 0. The Hall–Kier alpha value is -2.43. The number of rotatable bonds is 5. The van der Waals surface area contributed by atoms with E-state index < -0.39 is 0 Å². The molecule has 0 spiro atoms. The number of fused-ring (bicyclic) bond motifs is 1. The summed E-state index contributed by atoms with van der Waals surface area (Å²) < 4.78 is 8.32. The molecule has 0 saturated carbocycles. The van der Waals surface area contributed by atoms with Gasteiger partial charge in [-0.15, -0.1) is 5.10 Å². The number of aryl methyl sites for hydroxylation is 5. The molecule has 2 aromatic heterocycles. The highest BCUT2D eigenvalue weighted by atomic mass is 16.5. The van der Waals surface area contributed by atoms with Gasteiger partial charge in [-0.2, -0.15) is 0 Å². The molecule has 0 aliphatic carbocycles. The van der Waals surface area contributed by atoms with Gasteiger partial charge in [0, 0.05) is 5.69 Å². The second-order valence-corrected chi connectivity index (χ2v) is 7.16. The molecule has 5 nitrogen and oxygen atoms in total. The molecule has 0 unspecified atom stereocenters. The van der Waals surface area contributed by atoms with E-state index in [4.69, 9.17) is 4.74 Å². The third kappa shape index (κ3) is 3.06. The van der Waals surface area contributed by atoms with E-state index in [1.54, 1.807) is 0 Å². The first kappa shape index (κ1) is 18.4. The lowest BCUT2D eigenvalue weighted by Gasteiger charge is -2.16. The largest absolute Gasteiger partial charge is 0.436 e. The first-order valence-corrected chi connectivity index (χ1v) is 9.35. The van der Waals surface area contributed by atoms with Gasteiger partial charge in [0.15, 0.2) is 5.52 Å². The molecule has 0 amide bonds. The highest BCUT2D eigenvalue weighted by molar-refractivity contribution is 5.83. The molecule has 0 atom stereocenters. The molecule has 1 aromatic carbocycles. The van der Waals surface area contributed by atoms with E-state index in [2.05, 4.69) is 69.0 Å². The molecule has 0 aliphatic rings. The number of benzene rings is 1.